The van der Waals surface area contributed by atoms with E-state index in [-0.39, 0.29) is 5.91 Å². The summed E-state index contributed by atoms with van der Waals surface area (Å²) in [6.07, 6.45) is 6.43. The number of hydrogen-bond acceptors (Lipinski definition) is 4. The van der Waals surface area contributed by atoms with Gasteiger partial charge in [-0.05, 0) is 32.8 Å². The van der Waals surface area contributed by atoms with Crippen molar-refractivity contribution in [2.45, 2.75) is 45.6 Å². The molecule has 3 rings (SSSR count). The van der Waals surface area contributed by atoms with Gasteiger partial charge >= 0.3 is 0 Å². The smallest absolute Gasteiger partial charge is 0.224 e. The van der Waals surface area contributed by atoms with Crippen molar-refractivity contribution in [2.24, 2.45) is 0 Å². The molecule has 1 aliphatic heterocycles. The Morgan fingerprint density at radius 1 is 1.45 bits per heavy atom. The second-order valence-electron chi connectivity index (χ2n) is 5.93. The van der Waals surface area contributed by atoms with Gasteiger partial charge in [-0.3, -0.25) is 9.48 Å². The van der Waals surface area contributed by atoms with Gasteiger partial charge in [0.2, 0.25) is 5.91 Å². The molecule has 1 amide bonds. The van der Waals surface area contributed by atoms with E-state index in [9.17, 15) is 4.79 Å². The first-order valence-corrected chi connectivity index (χ1v) is 8.63. The number of aromatic nitrogens is 3. The van der Waals surface area contributed by atoms with Gasteiger partial charge in [-0.2, -0.15) is 5.10 Å². The van der Waals surface area contributed by atoms with Crippen molar-refractivity contribution in [1.82, 2.24) is 19.7 Å². The van der Waals surface area contributed by atoms with Crippen LogP contribution in [0, 0.1) is 13.8 Å². The Morgan fingerprint density at radius 3 is 3.00 bits per heavy atom. The van der Waals surface area contributed by atoms with Gasteiger partial charge in [0.1, 0.15) is 0 Å². The average Bonchev–Trinajstić information content (AvgIpc) is 3.13. The van der Waals surface area contributed by atoms with Crippen LogP contribution in [-0.4, -0.2) is 38.7 Å². The van der Waals surface area contributed by atoms with E-state index >= 15 is 0 Å². The van der Waals surface area contributed by atoms with Gasteiger partial charge in [0.15, 0.2) is 0 Å². The van der Waals surface area contributed by atoms with Crippen LogP contribution in [0.1, 0.15) is 40.8 Å². The van der Waals surface area contributed by atoms with Gasteiger partial charge in [-0.1, -0.05) is 0 Å². The fourth-order valence-corrected chi connectivity index (χ4v) is 3.86. The minimum atomic E-state index is 0.230. The zero-order valence-corrected chi connectivity index (χ0v) is 14.0. The van der Waals surface area contributed by atoms with Crippen molar-refractivity contribution in [1.29, 1.82) is 0 Å². The molecule has 0 spiro atoms. The minimum absolute atomic E-state index is 0.230. The van der Waals surface area contributed by atoms with E-state index in [1.807, 2.05) is 28.8 Å². The van der Waals surface area contributed by atoms with Crippen molar-refractivity contribution in [3.63, 3.8) is 0 Å². The molecular formula is C16H22N4OS. The molecule has 0 bridgehead atoms. The normalized spacial score (nSPS) is 18.6. The van der Waals surface area contributed by atoms with E-state index in [0.717, 1.165) is 31.6 Å². The summed E-state index contributed by atoms with van der Waals surface area (Å²) in [5.41, 5.74) is 1.10. The summed E-state index contributed by atoms with van der Waals surface area (Å²) in [5, 5.41) is 5.41. The molecule has 1 unspecified atom stereocenters. The fraction of sp³-hybridized carbons (Fsp3) is 0.562. The Labute approximate surface area is 135 Å². The highest BCUT2D eigenvalue weighted by Gasteiger charge is 2.26. The number of carbonyl (C=O) groups excluding carboxylic acids is 1. The summed E-state index contributed by atoms with van der Waals surface area (Å²) in [7, 11) is 0. The van der Waals surface area contributed by atoms with Gasteiger partial charge in [-0.25, -0.2) is 4.98 Å². The van der Waals surface area contributed by atoms with Gasteiger partial charge in [-0.15, -0.1) is 11.3 Å². The van der Waals surface area contributed by atoms with Crippen molar-refractivity contribution in [2.75, 3.05) is 13.1 Å². The molecule has 2 aromatic heterocycles. The van der Waals surface area contributed by atoms with Gasteiger partial charge < -0.3 is 4.90 Å². The molecule has 118 valence electrons. The lowest BCUT2D eigenvalue weighted by Crippen LogP contribution is -2.39. The third kappa shape index (κ3) is 3.38. The maximum atomic E-state index is 12.5. The van der Waals surface area contributed by atoms with Crippen LogP contribution in [0.4, 0.5) is 0 Å². The number of carbonyl (C=O) groups is 1. The standard InChI is InChI=1S/C16H22N4OS/c1-12-5-7-18-20(12)9-6-15(21)19-8-3-4-14(11-19)16-17-10-13(2)22-16/h5,7,10,14H,3-4,6,8-9,11H2,1-2H3. The van der Waals surface area contributed by atoms with Crippen LogP contribution in [-0.2, 0) is 11.3 Å². The molecule has 0 N–H and O–H groups in total. The van der Waals surface area contributed by atoms with E-state index in [0.29, 0.717) is 18.9 Å². The summed E-state index contributed by atoms with van der Waals surface area (Å²) >= 11 is 1.76. The van der Waals surface area contributed by atoms with Crippen LogP contribution >= 0.6 is 11.3 Å². The second kappa shape index (κ2) is 6.60. The summed E-state index contributed by atoms with van der Waals surface area (Å²) in [6.45, 7) is 6.44. The predicted molar refractivity (Wildman–Crippen MR) is 87.0 cm³/mol. The predicted octanol–water partition coefficient (Wildman–Crippen LogP) is 2.75. The maximum absolute atomic E-state index is 12.5. The number of thiazole rings is 1. The zero-order valence-electron chi connectivity index (χ0n) is 13.2. The molecule has 2 aromatic rings. The zero-order chi connectivity index (χ0) is 15.5. The second-order valence-corrected chi connectivity index (χ2v) is 7.20. The molecule has 5 nitrogen and oxygen atoms in total. The number of aryl methyl sites for hydroxylation is 3. The fourth-order valence-electron chi connectivity index (χ4n) is 2.96. The van der Waals surface area contributed by atoms with Gasteiger partial charge in [0.25, 0.3) is 0 Å². The lowest BCUT2D eigenvalue weighted by molar-refractivity contribution is -0.132. The minimum Gasteiger partial charge on any atom is -0.342 e. The molecule has 0 aliphatic carbocycles. The SMILES string of the molecule is Cc1cnc(C2CCCN(C(=O)CCn3nccc3C)C2)s1. The first kappa shape index (κ1) is 15.2. The highest BCUT2D eigenvalue weighted by Crippen LogP contribution is 2.29. The van der Waals surface area contributed by atoms with Crippen LogP contribution in [0.2, 0.25) is 0 Å². The number of hydrogen-bond donors (Lipinski definition) is 0. The maximum Gasteiger partial charge on any atom is 0.224 e. The quantitative estimate of drug-likeness (QED) is 0.871. The highest BCUT2D eigenvalue weighted by molar-refractivity contribution is 7.11. The Hall–Kier alpha value is -1.69. The number of piperidine rings is 1. The van der Waals surface area contributed by atoms with Crippen LogP contribution in [0.15, 0.2) is 18.5 Å². The number of rotatable bonds is 4. The Balaban J connectivity index is 1.57. The van der Waals surface area contributed by atoms with E-state index in [1.165, 1.54) is 9.88 Å². The lowest BCUT2D eigenvalue weighted by atomic mass is 9.98. The lowest BCUT2D eigenvalue weighted by Gasteiger charge is -2.32. The molecule has 6 heteroatoms. The summed E-state index contributed by atoms with van der Waals surface area (Å²) in [5.74, 6) is 0.635. The van der Waals surface area contributed by atoms with Crippen LogP contribution in [0.5, 0.6) is 0 Å². The molecule has 3 heterocycles. The molecule has 22 heavy (non-hydrogen) atoms. The third-order valence-corrected chi connectivity index (χ3v) is 5.30. The summed E-state index contributed by atoms with van der Waals surface area (Å²) < 4.78 is 1.89. The van der Waals surface area contributed by atoms with E-state index in [1.54, 1.807) is 17.5 Å². The molecular weight excluding hydrogens is 296 g/mol. The van der Waals surface area contributed by atoms with E-state index < -0.39 is 0 Å². The molecule has 0 aromatic carbocycles. The summed E-state index contributed by atoms with van der Waals surface area (Å²) in [6, 6.07) is 1.96. The molecule has 0 radical (unpaired) electrons. The molecule has 0 saturated carbocycles. The third-order valence-electron chi connectivity index (χ3n) is 4.23. The summed E-state index contributed by atoms with van der Waals surface area (Å²) in [4.78, 5) is 20.2. The van der Waals surface area contributed by atoms with E-state index in [4.69, 9.17) is 0 Å². The van der Waals surface area contributed by atoms with E-state index in [2.05, 4.69) is 17.0 Å². The van der Waals surface area contributed by atoms with Crippen molar-refractivity contribution in [3.8, 4) is 0 Å². The molecule has 1 saturated heterocycles. The van der Waals surface area contributed by atoms with Crippen molar-refractivity contribution < 1.29 is 4.79 Å². The molecule has 1 fully saturated rings. The van der Waals surface area contributed by atoms with Gasteiger partial charge in [0, 0.05) is 54.9 Å². The molecule has 1 atom stereocenters. The van der Waals surface area contributed by atoms with Crippen molar-refractivity contribution >= 4 is 17.2 Å². The highest BCUT2D eigenvalue weighted by atomic mass is 32.1. The first-order valence-electron chi connectivity index (χ1n) is 7.82. The number of likely N-dealkylation sites (tertiary alicyclic amines) is 1. The monoisotopic (exact) mass is 318 g/mol. The van der Waals surface area contributed by atoms with Crippen LogP contribution < -0.4 is 0 Å². The number of nitrogens with zero attached hydrogens (tertiary/aromatic N) is 4. The Kier molecular flexibility index (Phi) is 4.57. The average molecular weight is 318 g/mol. The Bertz CT molecular complexity index is 648. The van der Waals surface area contributed by atoms with Crippen LogP contribution in [0.25, 0.3) is 0 Å². The first-order chi connectivity index (χ1) is 10.6. The van der Waals surface area contributed by atoms with Gasteiger partial charge in [0.05, 0.1) is 5.01 Å². The van der Waals surface area contributed by atoms with Crippen molar-refractivity contribution in [3.05, 3.63) is 34.0 Å². The topological polar surface area (TPSA) is 51.0 Å². The largest absolute Gasteiger partial charge is 0.342 e. The van der Waals surface area contributed by atoms with Crippen LogP contribution in [0.3, 0.4) is 0 Å². The number of amides is 1. The Morgan fingerprint density at radius 2 is 2.32 bits per heavy atom. The molecule has 1 aliphatic rings.